The lowest BCUT2D eigenvalue weighted by molar-refractivity contribution is -0.136. The highest BCUT2D eigenvalue weighted by Gasteiger charge is 2.31. The van der Waals surface area contributed by atoms with Gasteiger partial charge in [0, 0.05) is 26.1 Å². The number of hydrogen-bond donors (Lipinski definition) is 1. The van der Waals surface area contributed by atoms with Gasteiger partial charge in [-0.3, -0.25) is 4.79 Å². The lowest BCUT2D eigenvalue weighted by Crippen LogP contribution is -2.41. The van der Waals surface area contributed by atoms with Gasteiger partial charge in [-0.25, -0.2) is 0 Å². The molecule has 2 atom stereocenters. The third-order valence-electron chi connectivity index (χ3n) is 4.66. The predicted molar refractivity (Wildman–Crippen MR) is 96.4 cm³/mol. The SMILES string of the molecule is Cc1cc2c(cc1C)OC(C(=O)N(C)CCC(N)C(C)C)C2.Cl. The van der Waals surface area contributed by atoms with Crippen molar-refractivity contribution in [2.45, 2.75) is 52.7 Å². The molecule has 0 fully saturated rings. The Balaban J connectivity index is 0.00000264. The number of carbonyl (C=O) groups excluding carboxylic acids is 1. The minimum atomic E-state index is -0.392. The van der Waals surface area contributed by atoms with E-state index >= 15 is 0 Å². The van der Waals surface area contributed by atoms with E-state index in [2.05, 4.69) is 33.8 Å². The molecular formula is C18H29ClN2O2. The Morgan fingerprint density at radius 3 is 2.57 bits per heavy atom. The lowest BCUT2D eigenvalue weighted by Gasteiger charge is -2.23. The highest BCUT2D eigenvalue weighted by molar-refractivity contribution is 5.85. The average Bonchev–Trinajstić information content (AvgIpc) is 2.86. The summed E-state index contributed by atoms with van der Waals surface area (Å²) >= 11 is 0. The number of hydrogen-bond acceptors (Lipinski definition) is 3. The van der Waals surface area contributed by atoms with Crippen molar-refractivity contribution in [2.24, 2.45) is 11.7 Å². The van der Waals surface area contributed by atoms with E-state index in [-0.39, 0.29) is 24.4 Å². The number of amides is 1. The van der Waals surface area contributed by atoms with Crippen LogP contribution >= 0.6 is 12.4 Å². The predicted octanol–water partition coefficient (Wildman–Crippen LogP) is 2.86. The van der Waals surface area contributed by atoms with Crippen molar-refractivity contribution in [3.8, 4) is 5.75 Å². The lowest BCUT2D eigenvalue weighted by atomic mass is 10.0. The van der Waals surface area contributed by atoms with Crippen LogP contribution in [0, 0.1) is 19.8 Å². The Morgan fingerprint density at radius 2 is 1.96 bits per heavy atom. The summed E-state index contributed by atoms with van der Waals surface area (Å²) in [5.41, 5.74) is 9.62. The first-order valence-corrected chi connectivity index (χ1v) is 8.07. The fraction of sp³-hybridized carbons (Fsp3) is 0.611. The molecule has 23 heavy (non-hydrogen) atoms. The standard InChI is InChI=1S/C18H28N2O2.ClH/c1-11(2)15(19)6-7-20(5)18(21)17-10-14-8-12(3)13(4)9-16(14)22-17;/h8-9,11,15,17H,6-7,10,19H2,1-5H3;1H. The first-order chi connectivity index (χ1) is 10.3. The van der Waals surface area contributed by atoms with Crippen molar-refractivity contribution in [1.82, 2.24) is 4.90 Å². The minimum Gasteiger partial charge on any atom is -0.480 e. The largest absolute Gasteiger partial charge is 0.480 e. The van der Waals surface area contributed by atoms with Crippen LogP contribution in [0.1, 0.15) is 37.0 Å². The summed E-state index contributed by atoms with van der Waals surface area (Å²) in [6, 6.07) is 4.29. The van der Waals surface area contributed by atoms with Gasteiger partial charge in [-0.1, -0.05) is 19.9 Å². The van der Waals surface area contributed by atoms with Crippen LogP contribution in [-0.4, -0.2) is 36.5 Å². The summed E-state index contributed by atoms with van der Waals surface area (Å²) < 4.78 is 5.86. The molecule has 1 amide bonds. The second-order valence-electron chi connectivity index (χ2n) is 6.81. The van der Waals surface area contributed by atoms with Gasteiger partial charge in [0.1, 0.15) is 5.75 Å². The molecule has 1 aliphatic rings. The van der Waals surface area contributed by atoms with E-state index in [1.165, 1.54) is 11.1 Å². The zero-order chi connectivity index (χ0) is 16.4. The van der Waals surface area contributed by atoms with Crippen LogP contribution < -0.4 is 10.5 Å². The second kappa shape index (κ2) is 8.02. The maximum atomic E-state index is 12.5. The van der Waals surface area contributed by atoms with Crippen molar-refractivity contribution in [1.29, 1.82) is 0 Å². The third kappa shape index (κ3) is 4.61. The number of likely N-dealkylation sites (N-methyl/N-ethyl adjacent to an activating group) is 1. The zero-order valence-corrected chi connectivity index (χ0v) is 15.6. The fourth-order valence-corrected chi connectivity index (χ4v) is 2.68. The molecule has 0 saturated carbocycles. The maximum absolute atomic E-state index is 12.5. The van der Waals surface area contributed by atoms with Gasteiger partial charge in [0.25, 0.3) is 5.91 Å². The first kappa shape index (κ1) is 19.8. The van der Waals surface area contributed by atoms with Crippen molar-refractivity contribution in [3.05, 3.63) is 28.8 Å². The summed E-state index contributed by atoms with van der Waals surface area (Å²) in [7, 11) is 1.83. The van der Waals surface area contributed by atoms with Crippen LogP contribution in [0.25, 0.3) is 0 Å². The number of aryl methyl sites for hydroxylation is 2. The summed E-state index contributed by atoms with van der Waals surface area (Å²) in [5.74, 6) is 1.33. The fourth-order valence-electron chi connectivity index (χ4n) is 2.68. The monoisotopic (exact) mass is 340 g/mol. The highest BCUT2D eigenvalue weighted by Crippen LogP contribution is 2.32. The van der Waals surface area contributed by atoms with Gasteiger partial charge < -0.3 is 15.4 Å². The Hall–Kier alpha value is -1.26. The van der Waals surface area contributed by atoms with Gasteiger partial charge >= 0.3 is 0 Å². The topological polar surface area (TPSA) is 55.6 Å². The molecule has 0 saturated heterocycles. The molecule has 130 valence electrons. The van der Waals surface area contributed by atoms with E-state index in [4.69, 9.17) is 10.5 Å². The van der Waals surface area contributed by atoms with E-state index in [1.807, 2.05) is 13.1 Å². The number of nitrogens with zero attached hydrogens (tertiary/aromatic N) is 1. The number of fused-ring (bicyclic) bond motifs is 1. The number of nitrogens with two attached hydrogens (primary N) is 1. The van der Waals surface area contributed by atoms with Crippen LogP contribution in [0.4, 0.5) is 0 Å². The molecular weight excluding hydrogens is 312 g/mol. The summed E-state index contributed by atoms with van der Waals surface area (Å²) in [5, 5.41) is 0. The van der Waals surface area contributed by atoms with Gasteiger partial charge in [-0.2, -0.15) is 0 Å². The molecule has 0 aliphatic carbocycles. The van der Waals surface area contributed by atoms with Crippen molar-refractivity contribution in [2.75, 3.05) is 13.6 Å². The molecule has 0 bridgehead atoms. The molecule has 1 heterocycles. The summed E-state index contributed by atoms with van der Waals surface area (Å²) in [6.45, 7) is 9.03. The first-order valence-electron chi connectivity index (χ1n) is 8.07. The van der Waals surface area contributed by atoms with Gasteiger partial charge in [0.05, 0.1) is 0 Å². The molecule has 1 aromatic carbocycles. The summed E-state index contributed by atoms with van der Waals surface area (Å²) in [4.78, 5) is 14.3. The molecule has 1 aromatic rings. The average molecular weight is 341 g/mol. The summed E-state index contributed by atoms with van der Waals surface area (Å²) in [6.07, 6.45) is 1.09. The molecule has 2 rings (SSSR count). The third-order valence-corrected chi connectivity index (χ3v) is 4.66. The maximum Gasteiger partial charge on any atom is 0.263 e. The van der Waals surface area contributed by atoms with Gasteiger partial charge in [0.2, 0.25) is 0 Å². The van der Waals surface area contributed by atoms with Gasteiger partial charge in [-0.15, -0.1) is 12.4 Å². The second-order valence-corrected chi connectivity index (χ2v) is 6.81. The van der Waals surface area contributed by atoms with Gasteiger partial charge in [-0.05, 0) is 48.9 Å². The Kier molecular flexibility index (Phi) is 6.90. The van der Waals surface area contributed by atoms with E-state index in [1.54, 1.807) is 4.90 Å². The Labute approximate surface area is 145 Å². The molecule has 5 heteroatoms. The molecule has 2 N–H and O–H groups in total. The Morgan fingerprint density at radius 1 is 1.35 bits per heavy atom. The van der Waals surface area contributed by atoms with Gasteiger partial charge in [0.15, 0.2) is 6.10 Å². The van der Waals surface area contributed by atoms with E-state index < -0.39 is 6.10 Å². The van der Waals surface area contributed by atoms with Crippen LogP contribution in [-0.2, 0) is 11.2 Å². The van der Waals surface area contributed by atoms with Crippen LogP contribution in [0.3, 0.4) is 0 Å². The smallest absolute Gasteiger partial charge is 0.263 e. The normalized spacial score (nSPS) is 17.3. The highest BCUT2D eigenvalue weighted by atomic mass is 35.5. The van der Waals surface area contributed by atoms with Crippen molar-refractivity contribution >= 4 is 18.3 Å². The van der Waals surface area contributed by atoms with Crippen LogP contribution in [0.5, 0.6) is 5.75 Å². The van der Waals surface area contributed by atoms with E-state index in [9.17, 15) is 4.79 Å². The quantitative estimate of drug-likeness (QED) is 0.896. The van der Waals surface area contributed by atoms with Crippen molar-refractivity contribution in [3.63, 3.8) is 0 Å². The molecule has 0 radical (unpaired) electrons. The van der Waals surface area contributed by atoms with E-state index in [0.29, 0.717) is 18.9 Å². The number of rotatable bonds is 5. The molecule has 0 aromatic heterocycles. The molecule has 4 nitrogen and oxygen atoms in total. The number of benzene rings is 1. The zero-order valence-electron chi connectivity index (χ0n) is 14.8. The minimum absolute atomic E-state index is 0. The number of carbonyl (C=O) groups is 1. The molecule has 2 unspecified atom stereocenters. The van der Waals surface area contributed by atoms with Crippen molar-refractivity contribution < 1.29 is 9.53 Å². The molecule has 1 aliphatic heterocycles. The Bertz CT molecular complexity index is 529. The van der Waals surface area contributed by atoms with E-state index in [0.717, 1.165) is 17.7 Å². The number of halogens is 1. The molecule has 0 spiro atoms. The van der Waals surface area contributed by atoms with Crippen LogP contribution in [0.15, 0.2) is 12.1 Å². The van der Waals surface area contributed by atoms with Crippen LogP contribution in [0.2, 0.25) is 0 Å². The number of ether oxygens (including phenoxy) is 1.